The Bertz CT molecular complexity index is 438. The van der Waals surface area contributed by atoms with E-state index in [2.05, 4.69) is 74.4 Å². The smallest absolute Gasteiger partial charge is 0.127 e. The summed E-state index contributed by atoms with van der Waals surface area (Å²) < 4.78 is 0. The summed E-state index contributed by atoms with van der Waals surface area (Å²) in [5.41, 5.74) is 6.15. The molecule has 18 heavy (non-hydrogen) atoms. The number of hydrogen-bond donors (Lipinski definition) is 0. The van der Waals surface area contributed by atoms with Crippen LogP contribution in [0.4, 0.5) is 0 Å². The number of allylic oxidation sites excluding steroid dienone is 2. The molecular formula is C17H24Si. The van der Waals surface area contributed by atoms with Crippen LogP contribution >= 0.6 is 0 Å². The summed E-state index contributed by atoms with van der Waals surface area (Å²) in [5.74, 6) is 3.37. The summed E-state index contributed by atoms with van der Waals surface area (Å²) >= 11 is 0. The van der Waals surface area contributed by atoms with E-state index in [9.17, 15) is 0 Å². The Labute approximate surface area is 113 Å². The quantitative estimate of drug-likeness (QED) is 0.534. The Morgan fingerprint density at radius 3 is 2.39 bits per heavy atom. The van der Waals surface area contributed by atoms with Crippen LogP contribution in [0, 0.1) is 11.5 Å². The Morgan fingerprint density at radius 2 is 1.83 bits per heavy atom. The van der Waals surface area contributed by atoms with Crippen LogP contribution in [-0.4, -0.2) is 8.07 Å². The molecule has 0 nitrogen and oxygen atoms in total. The number of benzene rings is 1. The van der Waals surface area contributed by atoms with Gasteiger partial charge >= 0.3 is 0 Å². The first kappa shape index (κ1) is 14.8. The standard InChI is InChI=1S/C17H24Si/c1-5-16(14-15-18(2,3)4)12-9-13-17-10-7-6-8-11-17/h6-8,10-12H,5,9,13H2,1-4H3/b16-12+. The molecule has 0 amide bonds. The van der Waals surface area contributed by atoms with Crippen molar-refractivity contribution in [3.05, 3.63) is 47.5 Å². The molecule has 1 aromatic carbocycles. The van der Waals surface area contributed by atoms with Crippen molar-refractivity contribution in [2.24, 2.45) is 0 Å². The Kier molecular flexibility index (Phi) is 5.95. The minimum absolute atomic E-state index is 1.05. The number of aryl methyl sites for hydroxylation is 1. The molecule has 0 radical (unpaired) electrons. The molecule has 0 atom stereocenters. The van der Waals surface area contributed by atoms with Gasteiger partial charge in [0.2, 0.25) is 0 Å². The highest BCUT2D eigenvalue weighted by Crippen LogP contribution is 2.07. The minimum Gasteiger partial charge on any atom is -0.127 e. The topological polar surface area (TPSA) is 0 Å². The van der Waals surface area contributed by atoms with E-state index in [-0.39, 0.29) is 0 Å². The second-order valence-electron chi connectivity index (χ2n) is 5.61. The monoisotopic (exact) mass is 256 g/mol. The van der Waals surface area contributed by atoms with E-state index in [4.69, 9.17) is 0 Å². The zero-order chi connectivity index (χ0) is 13.4. The Balaban J connectivity index is 2.55. The Morgan fingerprint density at radius 1 is 1.17 bits per heavy atom. The van der Waals surface area contributed by atoms with E-state index in [1.54, 1.807) is 0 Å². The van der Waals surface area contributed by atoms with Crippen molar-refractivity contribution < 1.29 is 0 Å². The molecule has 0 N–H and O–H groups in total. The van der Waals surface area contributed by atoms with Crippen molar-refractivity contribution in [2.45, 2.75) is 45.8 Å². The van der Waals surface area contributed by atoms with Crippen molar-refractivity contribution in [3.8, 4) is 11.5 Å². The molecule has 0 bridgehead atoms. The van der Waals surface area contributed by atoms with Gasteiger partial charge in [0.15, 0.2) is 0 Å². The van der Waals surface area contributed by atoms with E-state index >= 15 is 0 Å². The summed E-state index contributed by atoms with van der Waals surface area (Å²) in [6, 6.07) is 10.6. The van der Waals surface area contributed by atoms with Gasteiger partial charge in [-0.25, -0.2) is 0 Å². The van der Waals surface area contributed by atoms with Gasteiger partial charge in [-0.05, 0) is 30.4 Å². The molecule has 0 fully saturated rings. The van der Waals surface area contributed by atoms with Crippen LogP contribution in [0.25, 0.3) is 0 Å². The van der Waals surface area contributed by atoms with E-state index in [0.29, 0.717) is 0 Å². The van der Waals surface area contributed by atoms with Gasteiger partial charge in [-0.2, -0.15) is 0 Å². The molecule has 0 aliphatic carbocycles. The van der Waals surface area contributed by atoms with Crippen LogP contribution in [0.3, 0.4) is 0 Å². The van der Waals surface area contributed by atoms with Gasteiger partial charge in [0, 0.05) is 0 Å². The van der Waals surface area contributed by atoms with Gasteiger partial charge in [0.25, 0.3) is 0 Å². The molecule has 0 spiro atoms. The fourth-order valence-electron chi connectivity index (χ4n) is 1.61. The summed E-state index contributed by atoms with van der Waals surface area (Å²) in [6.45, 7) is 9.05. The zero-order valence-electron chi connectivity index (χ0n) is 12.1. The lowest BCUT2D eigenvalue weighted by atomic mass is 10.1. The summed E-state index contributed by atoms with van der Waals surface area (Å²) in [7, 11) is -1.24. The van der Waals surface area contributed by atoms with Gasteiger partial charge in [-0.3, -0.25) is 0 Å². The average molecular weight is 256 g/mol. The van der Waals surface area contributed by atoms with E-state index in [0.717, 1.165) is 19.3 Å². The van der Waals surface area contributed by atoms with Crippen molar-refractivity contribution >= 4 is 8.07 Å². The van der Waals surface area contributed by atoms with Crippen LogP contribution in [0.5, 0.6) is 0 Å². The first-order chi connectivity index (χ1) is 8.51. The predicted molar refractivity (Wildman–Crippen MR) is 84.3 cm³/mol. The third kappa shape index (κ3) is 6.47. The highest BCUT2D eigenvalue weighted by molar-refractivity contribution is 6.83. The summed E-state index contributed by atoms with van der Waals surface area (Å²) in [5, 5.41) is 0. The number of rotatable bonds is 4. The number of hydrogen-bond acceptors (Lipinski definition) is 0. The van der Waals surface area contributed by atoms with Crippen LogP contribution in [-0.2, 0) is 6.42 Å². The third-order valence-corrected chi connectivity index (χ3v) is 3.52. The van der Waals surface area contributed by atoms with E-state index in [1.165, 1.54) is 11.1 Å². The molecule has 0 aliphatic heterocycles. The normalized spacial score (nSPS) is 11.9. The zero-order valence-corrected chi connectivity index (χ0v) is 13.1. The maximum atomic E-state index is 3.44. The highest BCUT2D eigenvalue weighted by Gasteiger charge is 2.07. The van der Waals surface area contributed by atoms with Gasteiger partial charge in [-0.1, -0.05) is 68.9 Å². The molecule has 0 aromatic heterocycles. The SMILES string of the molecule is CC/C(C#C[Si](C)(C)C)=C\CCc1ccccc1. The van der Waals surface area contributed by atoms with Gasteiger partial charge in [0.05, 0.1) is 0 Å². The molecule has 0 aliphatic rings. The molecule has 0 saturated carbocycles. The summed E-state index contributed by atoms with van der Waals surface area (Å²) in [6.07, 6.45) is 5.55. The fourth-order valence-corrected chi connectivity index (χ4v) is 2.14. The predicted octanol–water partition coefficient (Wildman–Crippen LogP) is 4.84. The summed E-state index contributed by atoms with van der Waals surface area (Å²) in [4.78, 5) is 0. The average Bonchev–Trinajstić information content (AvgIpc) is 2.33. The van der Waals surface area contributed by atoms with Crippen molar-refractivity contribution in [2.75, 3.05) is 0 Å². The second-order valence-corrected chi connectivity index (χ2v) is 10.4. The van der Waals surface area contributed by atoms with Crippen LogP contribution in [0.15, 0.2) is 42.0 Å². The lowest BCUT2D eigenvalue weighted by molar-refractivity contribution is 0.982. The molecule has 0 saturated heterocycles. The molecule has 96 valence electrons. The molecule has 1 heteroatoms. The van der Waals surface area contributed by atoms with E-state index < -0.39 is 8.07 Å². The van der Waals surface area contributed by atoms with Crippen molar-refractivity contribution in [1.82, 2.24) is 0 Å². The van der Waals surface area contributed by atoms with Crippen molar-refractivity contribution in [3.63, 3.8) is 0 Å². The first-order valence-corrected chi connectivity index (χ1v) is 10.3. The van der Waals surface area contributed by atoms with Gasteiger partial charge in [-0.15, -0.1) is 5.54 Å². The Hall–Kier alpha value is -1.26. The molecule has 1 rings (SSSR count). The molecule has 0 unspecified atom stereocenters. The first-order valence-electron chi connectivity index (χ1n) is 6.77. The molecule has 1 aromatic rings. The maximum absolute atomic E-state index is 3.44. The van der Waals surface area contributed by atoms with Crippen LogP contribution < -0.4 is 0 Å². The van der Waals surface area contributed by atoms with Crippen LogP contribution in [0.2, 0.25) is 19.6 Å². The van der Waals surface area contributed by atoms with Gasteiger partial charge < -0.3 is 0 Å². The fraction of sp³-hybridized carbons (Fsp3) is 0.412. The molecular weight excluding hydrogens is 232 g/mol. The lowest BCUT2D eigenvalue weighted by Gasteiger charge is -2.04. The third-order valence-electron chi connectivity index (χ3n) is 2.65. The molecule has 0 heterocycles. The minimum atomic E-state index is -1.24. The van der Waals surface area contributed by atoms with E-state index in [1.807, 2.05) is 0 Å². The van der Waals surface area contributed by atoms with Crippen molar-refractivity contribution in [1.29, 1.82) is 0 Å². The van der Waals surface area contributed by atoms with Gasteiger partial charge in [0.1, 0.15) is 8.07 Å². The second kappa shape index (κ2) is 7.23. The van der Waals surface area contributed by atoms with Crippen LogP contribution in [0.1, 0.15) is 25.3 Å². The maximum Gasteiger partial charge on any atom is 0.129 e. The highest BCUT2D eigenvalue weighted by atomic mass is 28.3. The lowest BCUT2D eigenvalue weighted by Crippen LogP contribution is -2.16. The largest absolute Gasteiger partial charge is 0.129 e.